The molecule has 1 aliphatic carbocycles. The standard InChI is InChI=1S/C16H23NS/c1-12(13-6-2-3-7-13)17-16-11-18-10-14-8-4-5-9-15(14)16/h4-5,8-9,12-13,16-17H,2-3,6-7,10-11H2,1H3/t12-,16?/m1/s1. The summed E-state index contributed by atoms with van der Waals surface area (Å²) in [5, 5.41) is 3.90. The van der Waals surface area contributed by atoms with Gasteiger partial charge >= 0.3 is 0 Å². The monoisotopic (exact) mass is 261 g/mol. The SMILES string of the molecule is C[C@@H](NC1CSCc2ccccc21)C1CCCC1. The van der Waals surface area contributed by atoms with E-state index in [0.717, 1.165) is 5.92 Å². The summed E-state index contributed by atoms with van der Waals surface area (Å²) in [7, 11) is 0. The predicted octanol–water partition coefficient (Wildman–Crippen LogP) is 4.14. The first-order valence-corrected chi connectivity index (χ1v) is 8.41. The Bertz CT molecular complexity index is 398. The van der Waals surface area contributed by atoms with Gasteiger partial charge in [-0.2, -0.15) is 11.8 Å². The van der Waals surface area contributed by atoms with E-state index in [0.29, 0.717) is 12.1 Å². The first-order valence-electron chi connectivity index (χ1n) is 7.26. The molecule has 1 saturated carbocycles. The third-order valence-electron chi connectivity index (χ3n) is 4.54. The molecule has 18 heavy (non-hydrogen) atoms. The molecule has 1 heterocycles. The molecule has 0 radical (unpaired) electrons. The molecule has 1 aliphatic heterocycles. The first kappa shape index (κ1) is 12.6. The van der Waals surface area contributed by atoms with E-state index in [2.05, 4.69) is 48.3 Å². The van der Waals surface area contributed by atoms with Crippen LogP contribution < -0.4 is 5.32 Å². The van der Waals surface area contributed by atoms with Gasteiger partial charge in [-0.15, -0.1) is 0 Å². The minimum absolute atomic E-state index is 0.565. The Morgan fingerprint density at radius 1 is 1.22 bits per heavy atom. The number of rotatable bonds is 3. The Labute approximate surface area is 115 Å². The molecule has 0 spiro atoms. The highest BCUT2D eigenvalue weighted by Gasteiger charge is 2.26. The topological polar surface area (TPSA) is 12.0 Å². The molecule has 1 fully saturated rings. The van der Waals surface area contributed by atoms with Crippen molar-refractivity contribution >= 4 is 11.8 Å². The van der Waals surface area contributed by atoms with E-state index < -0.39 is 0 Å². The van der Waals surface area contributed by atoms with Gasteiger partial charge in [-0.1, -0.05) is 37.1 Å². The van der Waals surface area contributed by atoms with E-state index in [4.69, 9.17) is 0 Å². The van der Waals surface area contributed by atoms with Crippen molar-refractivity contribution in [1.29, 1.82) is 0 Å². The van der Waals surface area contributed by atoms with Crippen molar-refractivity contribution in [3.8, 4) is 0 Å². The minimum Gasteiger partial charge on any atom is -0.306 e. The average Bonchev–Trinajstić information content (AvgIpc) is 2.93. The highest BCUT2D eigenvalue weighted by Crippen LogP contribution is 2.34. The summed E-state index contributed by atoms with van der Waals surface area (Å²) in [5.74, 6) is 3.32. The van der Waals surface area contributed by atoms with E-state index in [1.54, 1.807) is 5.56 Å². The van der Waals surface area contributed by atoms with Gasteiger partial charge in [0.2, 0.25) is 0 Å². The summed E-state index contributed by atoms with van der Waals surface area (Å²) < 4.78 is 0. The average molecular weight is 261 g/mol. The molecule has 2 heteroatoms. The fourth-order valence-corrected chi connectivity index (χ4v) is 4.54. The Balaban J connectivity index is 1.70. The summed E-state index contributed by atoms with van der Waals surface area (Å²) in [6.45, 7) is 2.39. The molecule has 0 amide bonds. The smallest absolute Gasteiger partial charge is 0.0417 e. The normalized spacial score (nSPS) is 25.9. The van der Waals surface area contributed by atoms with Crippen molar-refractivity contribution in [3.63, 3.8) is 0 Å². The van der Waals surface area contributed by atoms with E-state index >= 15 is 0 Å². The summed E-state index contributed by atoms with van der Waals surface area (Å²) >= 11 is 2.07. The lowest BCUT2D eigenvalue weighted by atomic mass is 9.96. The summed E-state index contributed by atoms with van der Waals surface area (Å²) in [5.41, 5.74) is 3.07. The zero-order valence-electron chi connectivity index (χ0n) is 11.2. The van der Waals surface area contributed by atoms with Gasteiger partial charge in [-0.3, -0.25) is 0 Å². The highest BCUT2D eigenvalue weighted by molar-refractivity contribution is 7.98. The van der Waals surface area contributed by atoms with E-state index in [-0.39, 0.29) is 0 Å². The van der Waals surface area contributed by atoms with Crippen molar-refractivity contribution in [3.05, 3.63) is 35.4 Å². The van der Waals surface area contributed by atoms with Crippen molar-refractivity contribution in [2.75, 3.05) is 5.75 Å². The molecule has 1 nitrogen and oxygen atoms in total. The molecular weight excluding hydrogens is 238 g/mol. The summed E-state index contributed by atoms with van der Waals surface area (Å²) in [4.78, 5) is 0. The van der Waals surface area contributed by atoms with Crippen molar-refractivity contribution < 1.29 is 0 Å². The van der Waals surface area contributed by atoms with Crippen molar-refractivity contribution in [2.45, 2.75) is 50.4 Å². The number of fused-ring (bicyclic) bond motifs is 1. The minimum atomic E-state index is 0.565. The van der Waals surface area contributed by atoms with E-state index in [1.165, 1.54) is 42.8 Å². The lowest BCUT2D eigenvalue weighted by Crippen LogP contribution is -2.37. The Morgan fingerprint density at radius 2 is 2.00 bits per heavy atom. The molecule has 1 N–H and O–H groups in total. The Morgan fingerprint density at radius 3 is 2.83 bits per heavy atom. The van der Waals surface area contributed by atoms with Crippen LogP contribution in [-0.4, -0.2) is 11.8 Å². The van der Waals surface area contributed by atoms with Gasteiger partial charge in [-0.25, -0.2) is 0 Å². The maximum Gasteiger partial charge on any atom is 0.0417 e. The second kappa shape index (κ2) is 5.66. The lowest BCUT2D eigenvalue weighted by Gasteiger charge is -2.31. The molecule has 98 valence electrons. The van der Waals surface area contributed by atoms with Gasteiger partial charge in [-0.05, 0) is 36.8 Å². The van der Waals surface area contributed by atoms with Gasteiger partial charge in [0.25, 0.3) is 0 Å². The van der Waals surface area contributed by atoms with Gasteiger partial charge in [0.1, 0.15) is 0 Å². The number of benzene rings is 1. The number of thioether (sulfide) groups is 1. The maximum absolute atomic E-state index is 3.90. The second-order valence-electron chi connectivity index (χ2n) is 5.77. The molecule has 2 atom stereocenters. The van der Waals surface area contributed by atoms with Crippen LogP contribution in [0.25, 0.3) is 0 Å². The largest absolute Gasteiger partial charge is 0.306 e. The van der Waals surface area contributed by atoms with Gasteiger partial charge in [0.15, 0.2) is 0 Å². The number of hydrogen-bond donors (Lipinski definition) is 1. The van der Waals surface area contributed by atoms with E-state index in [1.807, 2.05) is 0 Å². The van der Waals surface area contributed by atoms with Crippen LogP contribution in [-0.2, 0) is 5.75 Å². The highest BCUT2D eigenvalue weighted by atomic mass is 32.2. The van der Waals surface area contributed by atoms with Crippen LogP contribution in [0.15, 0.2) is 24.3 Å². The number of hydrogen-bond acceptors (Lipinski definition) is 2. The van der Waals surface area contributed by atoms with Gasteiger partial charge in [0.05, 0.1) is 0 Å². The molecule has 1 aromatic rings. The van der Waals surface area contributed by atoms with Crippen LogP contribution >= 0.6 is 11.8 Å². The lowest BCUT2D eigenvalue weighted by molar-refractivity contribution is 0.353. The molecule has 3 rings (SSSR count). The summed E-state index contributed by atoms with van der Waals surface area (Å²) in [6.07, 6.45) is 5.73. The van der Waals surface area contributed by atoms with Gasteiger partial charge < -0.3 is 5.32 Å². The zero-order chi connectivity index (χ0) is 12.4. The zero-order valence-corrected chi connectivity index (χ0v) is 12.0. The quantitative estimate of drug-likeness (QED) is 0.877. The first-order chi connectivity index (χ1) is 8.84. The molecule has 1 aromatic carbocycles. The Kier molecular flexibility index (Phi) is 3.95. The third-order valence-corrected chi connectivity index (χ3v) is 5.63. The maximum atomic E-state index is 3.90. The van der Waals surface area contributed by atoms with Crippen LogP contribution in [0.3, 0.4) is 0 Å². The molecule has 1 unspecified atom stereocenters. The van der Waals surface area contributed by atoms with E-state index in [9.17, 15) is 0 Å². The molecular formula is C16H23NS. The number of nitrogens with one attached hydrogen (secondary N) is 1. The molecule has 0 bridgehead atoms. The molecule has 0 aromatic heterocycles. The molecule has 2 aliphatic rings. The van der Waals surface area contributed by atoms with Crippen LogP contribution in [0, 0.1) is 5.92 Å². The molecule has 0 saturated heterocycles. The fraction of sp³-hybridized carbons (Fsp3) is 0.625. The fourth-order valence-electron chi connectivity index (χ4n) is 3.43. The second-order valence-corrected chi connectivity index (χ2v) is 6.80. The van der Waals surface area contributed by atoms with Crippen LogP contribution in [0.5, 0.6) is 0 Å². The summed E-state index contributed by atoms with van der Waals surface area (Å²) in [6, 6.07) is 10.2. The Hall–Kier alpha value is -0.470. The van der Waals surface area contributed by atoms with Crippen LogP contribution in [0.4, 0.5) is 0 Å². The van der Waals surface area contributed by atoms with Crippen LogP contribution in [0.2, 0.25) is 0 Å². The van der Waals surface area contributed by atoms with Crippen molar-refractivity contribution in [2.24, 2.45) is 5.92 Å². The van der Waals surface area contributed by atoms with Gasteiger partial charge in [0, 0.05) is 23.6 Å². The predicted molar refractivity (Wildman–Crippen MR) is 79.9 cm³/mol. The third kappa shape index (κ3) is 2.60. The van der Waals surface area contributed by atoms with Crippen molar-refractivity contribution in [1.82, 2.24) is 5.32 Å². The van der Waals surface area contributed by atoms with Crippen LogP contribution in [0.1, 0.15) is 49.8 Å².